The molecule has 0 saturated carbocycles. The highest BCUT2D eigenvalue weighted by Gasteiger charge is 2.13. The Labute approximate surface area is 120 Å². The van der Waals surface area contributed by atoms with Gasteiger partial charge in [-0.1, -0.05) is 25.5 Å². The number of rotatable bonds is 1. The average molecular weight is 269 g/mol. The third-order valence-electron chi connectivity index (χ3n) is 3.36. The maximum Gasteiger partial charge on any atom is 0.108 e. The fourth-order valence-electron chi connectivity index (χ4n) is 2.64. The van der Waals surface area contributed by atoms with Crippen molar-refractivity contribution in [2.45, 2.75) is 47.6 Å². The number of pyridine rings is 1. The van der Waals surface area contributed by atoms with Crippen molar-refractivity contribution in [3.05, 3.63) is 35.8 Å². The predicted molar refractivity (Wildman–Crippen MR) is 86.2 cm³/mol. The first-order valence-electron chi connectivity index (χ1n) is 7.32. The van der Waals surface area contributed by atoms with Gasteiger partial charge in [-0.25, -0.2) is 4.98 Å². The summed E-state index contributed by atoms with van der Waals surface area (Å²) in [6, 6.07) is 6.78. The molecule has 0 aliphatic heterocycles. The minimum Gasteiger partial charge on any atom is -0.325 e. The highest BCUT2D eigenvalue weighted by Crippen LogP contribution is 2.27. The first kappa shape index (κ1) is 14.5. The van der Waals surface area contributed by atoms with Gasteiger partial charge in [-0.3, -0.25) is 4.98 Å². The number of hydrogen-bond acceptors (Lipinski definition) is 2. The van der Waals surface area contributed by atoms with E-state index in [1.807, 2.05) is 20.0 Å². The Bertz CT molecular complexity index is 739. The van der Waals surface area contributed by atoms with Crippen LogP contribution in [0.15, 0.2) is 24.4 Å². The number of hydrogen-bond donors (Lipinski definition) is 0. The topological polar surface area (TPSA) is 30.7 Å². The summed E-state index contributed by atoms with van der Waals surface area (Å²) >= 11 is 0. The minimum atomic E-state index is 0.404. The summed E-state index contributed by atoms with van der Waals surface area (Å²) in [5.74, 6) is 1.05. The van der Waals surface area contributed by atoms with Crippen molar-refractivity contribution >= 4 is 21.9 Å². The SMILES string of the molecule is CC.Cc1ccc2ncc3nc(C)n(C(C)C)c3c2c1. The number of aryl methyl sites for hydroxylation is 2. The molecule has 3 rings (SSSR count). The molecule has 0 saturated heterocycles. The maximum atomic E-state index is 4.61. The Hall–Kier alpha value is -1.90. The zero-order chi connectivity index (χ0) is 14.9. The van der Waals surface area contributed by atoms with E-state index in [2.05, 4.69) is 60.4 Å². The molecule has 2 heterocycles. The standard InChI is InChI=1S/C15H17N3.C2H6/c1-9(2)18-11(4)17-14-8-16-13-6-5-10(3)7-12(13)15(14)18;1-2/h5-9H,1-4H3;1-2H3. The van der Waals surface area contributed by atoms with Crippen LogP contribution in [-0.4, -0.2) is 14.5 Å². The van der Waals surface area contributed by atoms with Crippen LogP contribution in [0.2, 0.25) is 0 Å². The zero-order valence-electron chi connectivity index (χ0n) is 13.2. The van der Waals surface area contributed by atoms with Crippen LogP contribution in [0.1, 0.15) is 45.1 Å². The molecule has 3 aromatic rings. The summed E-state index contributed by atoms with van der Waals surface area (Å²) in [6.45, 7) is 12.6. The van der Waals surface area contributed by atoms with Gasteiger partial charge in [0.05, 0.1) is 17.2 Å². The van der Waals surface area contributed by atoms with Crippen LogP contribution >= 0.6 is 0 Å². The quantitative estimate of drug-likeness (QED) is 0.634. The fourth-order valence-corrected chi connectivity index (χ4v) is 2.64. The molecule has 1 aromatic carbocycles. The van der Waals surface area contributed by atoms with E-state index in [1.54, 1.807) is 0 Å². The molecule has 0 spiro atoms. The minimum absolute atomic E-state index is 0.404. The fraction of sp³-hybridized carbons (Fsp3) is 0.412. The predicted octanol–water partition coefficient (Wildman–Crippen LogP) is 4.81. The van der Waals surface area contributed by atoms with Crippen molar-refractivity contribution in [3.8, 4) is 0 Å². The Morgan fingerprint density at radius 2 is 1.75 bits per heavy atom. The molecule has 0 unspecified atom stereocenters. The molecule has 0 amide bonds. The van der Waals surface area contributed by atoms with Crippen LogP contribution in [0, 0.1) is 13.8 Å². The molecule has 0 aliphatic rings. The molecule has 3 nitrogen and oxygen atoms in total. The van der Waals surface area contributed by atoms with Crippen LogP contribution < -0.4 is 0 Å². The van der Waals surface area contributed by atoms with Gasteiger partial charge in [-0.15, -0.1) is 0 Å². The van der Waals surface area contributed by atoms with Crippen LogP contribution in [0.25, 0.3) is 21.9 Å². The Morgan fingerprint density at radius 3 is 2.40 bits per heavy atom. The van der Waals surface area contributed by atoms with E-state index < -0.39 is 0 Å². The number of nitrogens with zero attached hydrogens (tertiary/aromatic N) is 3. The summed E-state index contributed by atoms with van der Waals surface area (Å²) in [6.07, 6.45) is 1.87. The number of benzene rings is 1. The second-order valence-corrected chi connectivity index (χ2v) is 5.14. The monoisotopic (exact) mass is 269 g/mol. The van der Waals surface area contributed by atoms with Gasteiger partial charge in [0.15, 0.2) is 0 Å². The highest BCUT2D eigenvalue weighted by atomic mass is 15.1. The van der Waals surface area contributed by atoms with Crippen molar-refractivity contribution in [1.29, 1.82) is 0 Å². The van der Waals surface area contributed by atoms with E-state index in [1.165, 1.54) is 16.5 Å². The van der Waals surface area contributed by atoms with Crippen molar-refractivity contribution in [2.24, 2.45) is 0 Å². The first-order valence-corrected chi connectivity index (χ1v) is 7.32. The largest absolute Gasteiger partial charge is 0.325 e. The van der Waals surface area contributed by atoms with E-state index in [9.17, 15) is 0 Å². The molecule has 106 valence electrons. The number of imidazole rings is 1. The molecule has 0 N–H and O–H groups in total. The normalized spacial score (nSPS) is 10.9. The lowest BCUT2D eigenvalue weighted by molar-refractivity contribution is 0.601. The molecular weight excluding hydrogens is 246 g/mol. The third-order valence-corrected chi connectivity index (χ3v) is 3.36. The van der Waals surface area contributed by atoms with Crippen LogP contribution in [0.5, 0.6) is 0 Å². The van der Waals surface area contributed by atoms with E-state index >= 15 is 0 Å². The molecule has 20 heavy (non-hydrogen) atoms. The van der Waals surface area contributed by atoms with Crippen LogP contribution in [-0.2, 0) is 0 Å². The lowest BCUT2D eigenvalue weighted by Crippen LogP contribution is -2.03. The molecule has 0 radical (unpaired) electrons. The molecular formula is C17H23N3. The van der Waals surface area contributed by atoms with Crippen molar-refractivity contribution in [2.75, 3.05) is 0 Å². The van der Waals surface area contributed by atoms with Gasteiger partial charge in [0, 0.05) is 11.4 Å². The Morgan fingerprint density at radius 1 is 1.05 bits per heavy atom. The smallest absolute Gasteiger partial charge is 0.108 e. The van der Waals surface area contributed by atoms with E-state index in [0.29, 0.717) is 6.04 Å². The van der Waals surface area contributed by atoms with Gasteiger partial charge in [0.1, 0.15) is 11.3 Å². The van der Waals surface area contributed by atoms with Gasteiger partial charge in [-0.05, 0) is 39.8 Å². The third kappa shape index (κ3) is 2.28. The van der Waals surface area contributed by atoms with Gasteiger partial charge in [0.25, 0.3) is 0 Å². The molecule has 0 atom stereocenters. The van der Waals surface area contributed by atoms with Crippen molar-refractivity contribution < 1.29 is 0 Å². The van der Waals surface area contributed by atoms with Crippen molar-refractivity contribution in [3.63, 3.8) is 0 Å². The summed E-state index contributed by atoms with van der Waals surface area (Å²) in [7, 11) is 0. The number of fused-ring (bicyclic) bond motifs is 3. The van der Waals surface area contributed by atoms with Gasteiger partial charge >= 0.3 is 0 Å². The summed E-state index contributed by atoms with van der Waals surface area (Å²) in [5, 5.41) is 1.20. The Balaban J connectivity index is 0.000000704. The lowest BCUT2D eigenvalue weighted by Gasteiger charge is -2.12. The second-order valence-electron chi connectivity index (χ2n) is 5.14. The molecule has 0 bridgehead atoms. The Kier molecular flexibility index (Phi) is 4.07. The van der Waals surface area contributed by atoms with E-state index in [0.717, 1.165) is 16.9 Å². The van der Waals surface area contributed by atoms with E-state index in [4.69, 9.17) is 0 Å². The second kappa shape index (κ2) is 5.61. The van der Waals surface area contributed by atoms with Crippen LogP contribution in [0.4, 0.5) is 0 Å². The van der Waals surface area contributed by atoms with Gasteiger partial charge in [-0.2, -0.15) is 0 Å². The van der Waals surface area contributed by atoms with Gasteiger partial charge in [0.2, 0.25) is 0 Å². The summed E-state index contributed by atoms with van der Waals surface area (Å²) in [4.78, 5) is 9.10. The summed E-state index contributed by atoms with van der Waals surface area (Å²) < 4.78 is 2.29. The maximum absolute atomic E-state index is 4.61. The van der Waals surface area contributed by atoms with Gasteiger partial charge < -0.3 is 4.57 Å². The lowest BCUT2D eigenvalue weighted by atomic mass is 10.1. The van der Waals surface area contributed by atoms with E-state index in [-0.39, 0.29) is 0 Å². The molecule has 3 heteroatoms. The van der Waals surface area contributed by atoms with Crippen LogP contribution in [0.3, 0.4) is 0 Å². The molecule has 0 aliphatic carbocycles. The molecule has 0 fully saturated rings. The zero-order valence-corrected chi connectivity index (χ0v) is 13.2. The first-order chi connectivity index (χ1) is 9.58. The summed E-state index contributed by atoms with van der Waals surface area (Å²) in [5.41, 5.74) is 4.48. The number of aromatic nitrogens is 3. The molecule has 2 aromatic heterocycles. The van der Waals surface area contributed by atoms with Crippen molar-refractivity contribution in [1.82, 2.24) is 14.5 Å². The highest BCUT2D eigenvalue weighted by molar-refractivity contribution is 6.02. The average Bonchev–Trinajstić information content (AvgIpc) is 2.77.